The van der Waals surface area contributed by atoms with Gasteiger partial charge in [-0.15, -0.1) is 11.3 Å². The summed E-state index contributed by atoms with van der Waals surface area (Å²) in [5.41, 5.74) is 0.334. The van der Waals surface area contributed by atoms with Gasteiger partial charge in [-0.1, -0.05) is 20.8 Å². The average molecular weight is 290 g/mol. The van der Waals surface area contributed by atoms with Gasteiger partial charge in [-0.25, -0.2) is 4.98 Å². The smallest absolute Gasteiger partial charge is 0.253 e. The molecule has 0 saturated carbocycles. The number of aryl methyl sites for hydroxylation is 2. The molecule has 106 valence electrons. The minimum Gasteiger partial charge on any atom is -0.275 e. The van der Waals surface area contributed by atoms with Crippen molar-refractivity contribution >= 4 is 17.2 Å². The normalized spacial score (nSPS) is 12.8. The van der Waals surface area contributed by atoms with Crippen molar-refractivity contribution in [3.05, 3.63) is 34.0 Å². The second-order valence-corrected chi connectivity index (χ2v) is 6.89. The summed E-state index contributed by atoms with van der Waals surface area (Å²) in [4.78, 5) is 26.6. The van der Waals surface area contributed by atoms with Gasteiger partial charge in [-0.05, 0) is 13.8 Å². The first-order chi connectivity index (χ1) is 9.27. The van der Waals surface area contributed by atoms with Gasteiger partial charge in [0.2, 0.25) is 0 Å². The number of thiazole rings is 1. The summed E-state index contributed by atoms with van der Waals surface area (Å²) >= 11 is 1.47. The predicted molar refractivity (Wildman–Crippen MR) is 78.7 cm³/mol. The summed E-state index contributed by atoms with van der Waals surface area (Å²) in [5.74, 6) is 0.531. The molecular weight excluding hydrogens is 272 g/mol. The molecule has 1 amide bonds. The molecule has 0 spiro atoms. The van der Waals surface area contributed by atoms with E-state index in [-0.39, 0.29) is 5.91 Å². The van der Waals surface area contributed by atoms with Crippen molar-refractivity contribution in [2.24, 2.45) is 10.4 Å². The molecule has 0 aliphatic carbocycles. The predicted octanol–water partition coefficient (Wildman–Crippen LogP) is 2.42. The number of aromatic nitrogens is 3. The van der Waals surface area contributed by atoms with Crippen LogP contribution in [-0.2, 0) is 4.79 Å². The molecule has 2 rings (SSSR count). The molecule has 20 heavy (non-hydrogen) atoms. The molecule has 0 aliphatic heterocycles. The van der Waals surface area contributed by atoms with Crippen LogP contribution in [0.5, 0.6) is 0 Å². The second kappa shape index (κ2) is 5.28. The van der Waals surface area contributed by atoms with Crippen LogP contribution in [0.4, 0.5) is 0 Å². The van der Waals surface area contributed by atoms with E-state index in [0.717, 1.165) is 10.6 Å². The zero-order valence-corrected chi connectivity index (χ0v) is 13.2. The van der Waals surface area contributed by atoms with Crippen molar-refractivity contribution in [1.29, 1.82) is 0 Å². The van der Waals surface area contributed by atoms with Crippen LogP contribution in [0.2, 0.25) is 0 Å². The quantitative estimate of drug-likeness (QED) is 0.810. The molecule has 2 aromatic rings. The maximum Gasteiger partial charge on any atom is 0.253 e. The van der Waals surface area contributed by atoms with E-state index in [4.69, 9.17) is 0 Å². The van der Waals surface area contributed by atoms with E-state index in [2.05, 4.69) is 15.0 Å². The summed E-state index contributed by atoms with van der Waals surface area (Å²) in [6, 6.07) is 0. The minimum atomic E-state index is -0.492. The molecule has 6 heteroatoms. The molecule has 0 saturated heterocycles. The van der Waals surface area contributed by atoms with E-state index in [9.17, 15) is 4.79 Å². The molecule has 0 fully saturated rings. The SMILES string of the molecule is Cc1cncc(-n2cc(C)sc2=NC(=O)C(C)(C)C)n1. The molecule has 2 heterocycles. The lowest BCUT2D eigenvalue weighted by Gasteiger charge is -2.11. The maximum atomic E-state index is 12.1. The van der Waals surface area contributed by atoms with Gasteiger partial charge in [0.05, 0.1) is 11.9 Å². The van der Waals surface area contributed by atoms with Gasteiger partial charge < -0.3 is 0 Å². The summed E-state index contributed by atoms with van der Waals surface area (Å²) in [7, 11) is 0. The van der Waals surface area contributed by atoms with Crippen LogP contribution in [-0.4, -0.2) is 20.4 Å². The molecule has 0 N–H and O–H groups in total. The number of carbonyl (C=O) groups excluding carboxylic acids is 1. The molecule has 5 nitrogen and oxygen atoms in total. The Morgan fingerprint density at radius 2 is 2.00 bits per heavy atom. The Bertz CT molecular complexity index is 706. The first-order valence-corrected chi connectivity index (χ1v) is 7.16. The lowest BCUT2D eigenvalue weighted by atomic mass is 9.96. The van der Waals surface area contributed by atoms with Crippen LogP contribution in [0.25, 0.3) is 5.82 Å². The van der Waals surface area contributed by atoms with Crippen LogP contribution in [0.3, 0.4) is 0 Å². The van der Waals surface area contributed by atoms with E-state index in [0.29, 0.717) is 10.6 Å². The number of nitrogens with zero attached hydrogens (tertiary/aromatic N) is 4. The fraction of sp³-hybridized carbons (Fsp3) is 0.429. The minimum absolute atomic E-state index is 0.145. The molecular formula is C14H18N4OS. The van der Waals surface area contributed by atoms with Crippen LogP contribution >= 0.6 is 11.3 Å². The molecule has 0 unspecified atom stereocenters. The van der Waals surface area contributed by atoms with Crippen LogP contribution < -0.4 is 4.80 Å². The van der Waals surface area contributed by atoms with Crippen molar-refractivity contribution in [2.75, 3.05) is 0 Å². The van der Waals surface area contributed by atoms with Crippen molar-refractivity contribution < 1.29 is 4.79 Å². The summed E-state index contributed by atoms with van der Waals surface area (Å²) in [5, 5.41) is 0. The Balaban J connectivity index is 2.57. The summed E-state index contributed by atoms with van der Waals surface area (Å²) < 4.78 is 1.81. The molecule has 0 aliphatic rings. The van der Waals surface area contributed by atoms with E-state index in [1.807, 2.05) is 45.4 Å². The molecule has 0 atom stereocenters. The molecule has 0 bridgehead atoms. The second-order valence-electron chi connectivity index (χ2n) is 5.68. The number of hydrogen-bond donors (Lipinski definition) is 0. The fourth-order valence-electron chi connectivity index (χ4n) is 1.52. The molecule has 0 aromatic carbocycles. The van der Waals surface area contributed by atoms with Gasteiger partial charge in [0.25, 0.3) is 5.91 Å². The van der Waals surface area contributed by atoms with Crippen molar-refractivity contribution in [3.8, 4) is 5.82 Å². The van der Waals surface area contributed by atoms with Crippen molar-refractivity contribution in [2.45, 2.75) is 34.6 Å². The summed E-state index contributed by atoms with van der Waals surface area (Å²) in [6.07, 6.45) is 5.28. The molecule has 0 radical (unpaired) electrons. The lowest BCUT2D eigenvalue weighted by Crippen LogP contribution is -2.23. The average Bonchev–Trinajstić information content (AvgIpc) is 2.69. The van der Waals surface area contributed by atoms with E-state index >= 15 is 0 Å². The Morgan fingerprint density at radius 1 is 1.30 bits per heavy atom. The van der Waals surface area contributed by atoms with E-state index in [1.165, 1.54) is 11.3 Å². The standard InChI is InChI=1S/C14H18N4OS/c1-9-6-15-7-11(16-9)18-8-10(2)20-13(18)17-12(19)14(3,4)5/h6-8H,1-5H3. The zero-order chi connectivity index (χ0) is 14.9. The Hall–Kier alpha value is -1.82. The van der Waals surface area contributed by atoms with E-state index in [1.54, 1.807) is 12.4 Å². The number of hydrogen-bond acceptors (Lipinski definition) is 4. The Kier molecular flexibility index (Phi) is 3.85. The highest BCUT2D eigenvalue weighted by Gasteiger charge is 2.21. The molecule has 2 aromatic heterocycles. The van der Waals surface area contributed by atoms with Gasteiger partial charge in [0, 0.05) is 22.7 Å². The largest absolute Gasteiger partial charge is 0.275 e. The van der Waals surface area contributed by atoms with Crippen LogP contribution in [0, 0.1) is 19.3 Å². The topological polar surface area (TPSA) is 60.1 Å². The third-order valence-electron chi connectivity index (χ3n) is 2.60. The van der Waals surface area contributed by atoms with Gasteiger partial charge >= 0.3 is 0 Å². The zero-order valence-electron chi connectivity index (χ0n) is 12.3. The van der Waals surface area contributed by atoms with Crippen LogP contribution in [0.15, 0.2) is 23.6 Å². The third kappa shape index (κ3) is 3.19. The highest BCUT2D eigenvalue weighted by atomic mass is 32.1. The van der Waals surface area contributed by atoms with Gasteiger partial charge in [0.15, 0.2) is 10.6 Å². The monoisotopic (exact) mass is 290 g/mol. The number of amides is 1. The Labute approximate surface area is 122 Å². The third-order valence-corrected chi connectivity index (χ3v) is 3.50. The highest BCUT2D eigenvalue weighted by molar-refractivity contribution is 7.09. The first kappa shape index (κ1) is 14.6. The van der Waals surface area contributed by atoms with Gasteiger partial charge in [-0.2, -0.15) is 4.99 Å². The first-order valence-electron chi connectivity index (χ1n) is 6.34. The van der Waals surface area contributed by atoms with Gasteiger partial charge in [-0.3, -0.25) is 14.3 Å². The van der Waals surface area contributed by atoms with Crippen LogP contribution in [0.1, 0.15) is 31.3 Å². The highest BCUT2D eigenvalue weighted by Crippen LogP contribution is 2.15. The van der Waals surface area contributed by atoms with Gasteiger partial charge in [0.1, 0.15) is 0 Å². The maximum absolute atomic E-state index is 12.1. The van der Waals surface area contributed by atoms with Crippen molar-refractivity contribution in [3.63, 3.8) is 0 Å². The Morgan fingerprint density at radius 3 is 2.60 bits per heavy atom. The summed E-state index contributed by atoms with van der Waals surface area (Å²) in [6.45, 7) is 9.43. The van der Waals surface area contributed by atoms with Crippen molar-refractivity contribution in [1.82, 2.24) is 14.5 Å². The fourth-order valence-corrected chi connectivity index (χ4v) is 2.34. The lowest BCUT2D eigenvalue weighted by molar-refractivity contribution is -0.125. The number of rotatable bonds is 1. The number of carbonyl (C=O) groups is 1. The van der Waals surface area contributed by atoms with E-state index < -0.39 is 5.41 Å².